The van der Waals surface area contributed by atoms with E-state index in [0.29, 0.717) is 18.6 Å². The van der Waals surface area contributed by atoms with E-state index in [1.807, 2.05) is 0 Å². The minimum atomic E-state index is -1.35. The number of methoxy groups -OCH3 is 1. The molecule has 1 fully saturated rings. The SMILES string of the molecule is CO[C@@H]1C[C@@H](CO)N(C(=O)c2cc(F)c(F)cc2F)C1. The molecular weight excluding hydrogens is 275 g/mol. The van der Waals surface area contributed by atoms with Gasteiger partial charge in [0.15, 0.2) is 11.6 Å². The molecule has 110 valence electrons. The number of aliphatic hydroxyl groups is 1. The molecule has 1 aromatic rings. The van der Waals surface area contributed by atoms with Crippen molar-refractivity contribution in [1.82, 2.24) is 4.90 Å². The van der Waals surface area contributed by atoms with Gasteiger partial charge in [-0.05, 0) is 12.5 Å². The fourth-order valence-electron chi connectivity index (χ4n) is 2.31. The molecule has 0 aliphatic carbocycles. The standard InChI is InChI=1S/C13H14F3NO3/c1-20-8-2-7(6-18)17(5-8)13(19)9-3-11(15)12(16)4-10(9)14/h3-4,7-8,18H,2,5-6H2,1H3/t7-,8+/m0/s1. The number of benzene rings is 1. The van der Waals surface area contributed by atoms with Crippen LogP contribution in [0, 0.1) is 17.5 Å². The fourth-order valence-corrected chi connectivity index (χ4v) is 2.31. The Bertz CT molecular complexity index is 524. The highest BCUT2D eigenvalue weighted by molar-refractivity contribution is 5.95. The van der Waals surface area contributed by atoms with E-state index in [0.717, 1.165) is 0 Å². The number of halogens is 3. The number of rotatable bonds is 3. The number of carbonyl (C=O) groups excluding carboxylic acids is 1. The predicted molar refractivity (Wildman–Crippen MR) is 63.6 cm³/mol. The van der Waals surface area contributed by atoms with Crippen LogP contribution in [0.15, 0.2) is 12.1 Å². The molecule has 1 N–H and O–H groups in total. The molecule has 1 amide bonds. The highest BCUT2D eigenvalue weighted by atomic mass is 19.2. The lowest BCUT2D eigenvalue weighted by Crippen LogP contribution is -2.38. The molecule has 2 rings (SSSR count). The largest absolute Gasteiger partial charge is 0.394 e. The maximum Gasteiger partial charge on any atom is 0.257 e. The Kier molecular flexibility index (Phi) is 4.29. The Morgan fingerprint density at radius 3 is 2.60 bits per heavy atom. The van der Waals surface area contributed by atoms with Gasteiger partial charge in [-0.2, -0.15) is 0 Å². The zero-order chi connectivity index (χ0) is 14.9. The van der Waals surface area contributed by atoms with Crippen LogP contribution in [0.5, 0.6) is 0 Å². The van der Waals surface area contributed by atoms with Gasteiger partial charge in [0.1, 0.15) is 5.82 Å². The first kappa shape index (κ1) is 14.8. The number of ether oxygens (including phenoxy) is 1. The lowest BCUT2D eigenvalue weighted by Gasteiger charge is -2.23. The van der Waals surface area contributed by atoms with Gasteiger partial charge >= 0.3 is 0 Å². The molecule has 0 bridgehead atoms. The van der Waals surface area contributed by atoms with Crippen molar-refractivity contribution in [3.63, 3.8) is 0 Å². The number of amides is 1. The summed E-state index contributed by atoms with van der Waals surface area (Å²) in [6.45, 7) is -0.143. The number of hydrogen-bond acceptors (Lipinski definition) is 3. The zero-order valence-electron chi connectivity index (χ0n) is 10.8. The molecule has 1 aliphatic heterocycles. The third-order valence-electron chi connectivity index (χ3n) is 3.42. The van der Waals surface area contributed by atoms with Gasteiger partial charge in [0.25, 0.3) is 5.91 Å². The zero-order valence-corrected chi connectivity index (χ0v) is 10.8. The van der Waals surface area contributed by atoms with E-state index in [2.05, 4.69) is 0 Å². The molecule has 1 saturated heterocycles. The first-order valence-electron chi connectivity index (χ1n) is 6.07. The second kappa shape index (κ2) is 5.80. The van der Waals surface area contributed by atoms with Gasteiger partial charge in [-0.15, -0.1) is 0 Å². The summed E-state index contributed by atoms with van der Waals surface area (Å²) >= 11 is 0. The summed E-state index contributed by atoms with van der Waals surface area (Å²) in [4.78, 5) is 13.4. The van der Waals surface area contributed by atoms with E-state index in [-0.39, 0.29) is 19.3 Å². The van der Waals surface area contributed by atoms with Crippen molar-refractivity contribution in [1.29, 1.82) is 0 Å². The van der Waals surface area contributed by atoms with Crippen LogP contribution in [0.3, 0.4) is 0 Å². The lowest BCUT2D eigenvalue weighted by molar-refractivity contribution is 0.0642. The fraction of sp³-hybridized carbons (Fsp3) is 0.462. The van der Waals surface area contributed by atoms with Crippen molar-refractivity contribution < 1.29 is 27.8 Å². The quantitative estimate of drug-likeness (QED) is 0.854. The smallest absolute Gasteiger partial charge is 0.257 e. The van der Waals surface area contributed by atoms with Crippen molar-refractivity contribution in [2.75, 3.05) is 20.3 Å². The van der Waals surface area contributed by atoms with Gasteiger partial charge < -0.3 is 14.7 Å². The summed E-state index contributed by atoms with van der Waals surface area (Å²) in [5, 5.41) is 9.24. The minimum absolute atomic E-state index is 0.166. The predicted octanol–water partition coefficient (Wildman–Crippen LogP) is 1.33. The average molecular weight is 289 g/mol. The van der Waals surface area contributed by atoms with E-state index in [4.69, 9.17) is 4.74 Å². The normalized spacial score (nSPS) is 22.4. The number of nitrogens with zero attached hydrogens (tertiary/aromatic N) is 1. The average Bonchev–Trinajstić information content (AvgIpc) is 2.85. The number of hydrogen-bond donors (Lipinski definition) is 1. The summed E-state index contributed by atoms with van der Waals surface area (Å²) in [5.74, 6) is -4.57. The third kappa shape index (κ3) is 2.64. The minimum Gasteiger partial charge on any atom is -0.394 e. The Hall–Kier alpha value is -1.60. The number of carbonyl (C=O) groups is 1. The van der Waals surface area contributed by atoms with Crippen molar-refractivity contribution in [3.8, 4) is 0 Å². The Labute approximate surface area is 113 Å². The van der Waals surface area contributed by atoms with E-state index in [1.54, 1.807) is 0 Å². The van der Waals surface area contributed by atoms with Crippen LogP contribution in [-0.2, 0) is 4.74 Å². The van der Waals surface area contributed by atoms with Crippen LogP contribution >= 0.6 is 0 Å². The molecule has 0 spiro atoms. The van der Waals surface area contributed by atoms with Crippen LogP contribution in [0.4, 0.5) is 13.2 Å². The van der Waals surface area contributed by atoms with Crippen LogP contribution in [0.2, 0.25) is 0 Å². The molecule has 20 heavy (non-hydrogen) atoms. The van der Waals surface area contributed by atoms with Crippen molar-refractivity contribution in [2.24, 2.45) is 0 Å². The molecule has 0 aromatic heterocycles. The topological polar surface area (TPSA) is 49.8 Å². The molecule has 2 atom stereocenters. The van der Waals surface area contributed by atoms with Gasteiger partial charge in [-0.25, -0.2) is 13.2 Å². The maximum atomic E-state index is 13.6. The molecule has 0 radical (unpaired) electrons. The first-order valence-corrected chi connectivity index (χ1v) is 6.07. The maximum absolute atomic E-state index is 13.6. The molecule has 1 heterocycles. The van der Waals surface area contributed by atoms with Gasteiger partial charge in [0.05, 0.1) is 24.3 Å². The van der Waals surface area contributed by atoms with Crippen molar-refractivity contribution >= 4 is 5.91 Å². The number of likely N-dealkylation sites (tertiary alicyclic amines) is 1. The van der Waals surface area contributed by atoms with Crippen LogP contribution in [-0.4, -0.2) is 48.3 Å². The molecule has 1 aliphatic rings. The van der Waals surface area contributed by atoms with E-state index in [1.165, 1.54) is 12.0 Å². The molecule has 0 unspecified atom stereocenters. The van der Waals surface area contributed by atoms with Gasteiger partial charge in [-0.1, -0.05) is 0 Å². The molecule has 4 nitrogen and oxygen atoms in total. The second-order valence-electron chi connectivity index (χ2n) is 4.63. The van der Waals surface area contributed by atoms with Gasteiger partial charge in [0.2, 0.25) is 0 Å². The monoisotopic (exact) mass is 289 g/mol. The lowest BCUT2D eigenvalue weighted by atomic mass is 10.1. The number of aliphatic hydroxyl groups excluding tert-OH is 1. The van der Waals surface area contributed by atoms with Crippen molar-refractivity contribution in [3.05, 3.63) is 35.1 Å². The second-order valence-corrected chi connectivity index (χ2v) is 4.63. The first-order chi connectivity index (χ1) is 9.47. The Balaban J connectivity index is 2.29. The Morgan fingerprint density at radius 1 is 1.35 bits per heavy atom. The Morgan fingerprint density at radius 2 is 2.00 bits per heavy atom. The molecule has 7 heteroatoms. The van der Waals surface area contributed by atoms with Crippen LogP contribution < -0.4 is 0 Å². The van der Waals surface area contributed by atoms with E-state index in [9.17, 15) is 23.1 Å². The van der Waals surface area contributed by atoms with Crippen molar-refractivity contribution in [2.45, 2.75) is 18.6 Å². The molecule has 1 aromatic carbocycles. The molecular formula is C13H14F3NO3. The summed E-state index contributed by atoms with van der Waals surface area (Å²) in [6.07, 6.45) is 0.133. The van der Waals surface area contributed by atoms with Gasteiger partial charge in [0, 0.05) is 19.7 Å². The molecule has 0 saturated carbocycles. The highest BCUT2D eigenvalue weighted by Gasteiger charge is 2.36. The van der Waals surface area contributed by atoms with Gasteiger partial charge in [-0.3, -0.25) is 4.79 Å². The highest BCUT2D eigenvalue weighted by Crippen LogP contribution is 2.24. The summed E-state index contributed by atoms with van der Waals surface area (Å²) in [5.41, 5.74) is -0.556. The van der Waals surface area contributed by atoms with E-state index < -0.39 is 35.0 Å². The van der Waals surface area contributed by atoms with Crippen LogP contribution in [0.25, 0.3) is 0 Å². The van der Waals surface area contributed by atoms with E-state index >= 15 is 0 Å². The summed E-state index contributed by atoms with van der Waals surface area (Å²) in [7, 11) is 1.46. The summed E-state index contributed by atoms with van der Waals surface area (Å²) in [6, 6.07) is 0.335. The van der Waals surface area contributed by atoms with Crippen LogP contribution in [0.1, 0.15) is 16.8 Å². The third-order valence-corrected chi connectivity index (χ3v) is 3.42. The summed E-state index contributed by atoms with van der Waals surface area (Å²) < 4.78 is 44.7.